The topological polar surface area (TPSA) is 69.9 Å². The van der Waals surface area contributed by atoms with Gasteiger partial charge in [-0.2, -0.15) is 4.68 Å². The summed E-state index contributed by atoms with van der Waals surface area (Å²) in [6, 6.07) is 11.8. The first kappa shape index (κ1) is 13.4. The van der Waals surface area contributed by atoms with E-state index < -0.39 is 0 Å². The zero-order chi connectivity index (χ0) is 15.0. The van der Waals surface area contributed by atoms with Crippen LogP contribution in [0.3, 0.4) is 0 Å². The molecular weight excluding hydrogens is 264 g/mol. The van der Waals surface area contributed by atoms with Gasteiger partial charge in [0.25, 0.3) is 0 Å². The Morgan fingerprint density at radius 1 is 1.10 bits per heavy atom. The minimum Gasteiger partial charge on any atom is -0.463 e. The molecule has 0 saturated heterocycles. The number of nitrogen functional groups attached to an aromatic ring is 1. The summed E-state index contributed by atoms with van der Waals surface area (Å²) in [7, 11) is 0. The largest absolute Gasteiger partial charge is 0.463 e. The smallest absolute Gasteiger partial charge is 0.172 e. The first-order valence-corrected chi connectivity index (χ1v) is 6.83. The van der Waals surface area contributed by atoms with Crippen LogP contribution in [0.25, 0.3) is 17.1 Å². The van der Waals surface area contributed by atoms with Crippen LogP contribution in [0.1, 0.15) is 26.3 Å². The lowest BCUT2D eigenvalue weighted by Crippen LogP contribution is -2.11. The van der Waals surface area contributed by atoms with E-state index in [1.807, 2.05) is 18.2 Å². The third kappa shape index (κ3) is 2.42. The predicted octanol–water partition coefficient (Wildman–Crippen LogP) is 3.41. The average molecular weight is 282 g/mol. The molecule has 0 aliphatic carbocycles. The van der Waals surface area contributed by atoms with Crippen LogP contribution >= 0.6 is 0 Å². The molecule has 0 atom stereocenters. The molecule has 0 spiro atoms. The highest BCUT2D eigenvalue weighted by atomic mass is 16.3. The van der Waals surface area contributed by atoms with Crippen molar-refractivity contribution in [2.45, 2.75) is 26.2 Å². The summed E-state index contributed by atoms with van der Waals surface area (Å²) in [6.45, 7) is 6.54. The maximum atomic E-state index is 6.13. The molecule has 0 radical (unpaired) electrons. The number of rotatable bonds is 2. The quantitative estimate of drug-likeness (QED) is 0.782. The number of anilines is 1. The number of aromatic nitrogens is 3. The van der Waals surface area contributed by atoms with Gasteiger partial charge in [0.05, 0.1) is 12.0 Å². The minimum absolute atomic E-state index is 0.117. The number of benzene rings is 1. The van der Waals surface area contributed by atoms with Crippen molar-refractivity contribution < 1.29 is 4.42 Å². The average Bonchev–Trinajstić information content (AvgIpc) is 3.07. The molecule has 5 heteroatoms. The zero-order valence-electron chi connectivity index (χ0n) is 12.4. The fourth-order valence-electron chi connectivity index (χ4n) is 2.17. The standard InChI is InChI=1S/C16H18N4O/c1-16(2,3)11-6-8-12(9-7-11)20-15(17)14(18-19-20)13-5-4-10-21-13/h4-10H,17H2,1-3H3. The number of nitrogens with zero attached hydrogens (tertiary/aromatic N) is 3. The van der Waals surface area contributed by atoms with Crippen LogP contribution in [-0.2, 0) is 5.41 Å². The van der Waals surface area contributed by atoms with Crippen LogP contribution in [-0.4, -0.2) is 15.0 Å². The summed E-state index contributed by atoms with van der Waals surface area (Å²) >= 11 is 0. The van der Waals surface area contributed by atoms with E-state index in [0.717, 1.165) is 5.69 Å². The van der Waals surface area contributed by atoms with Gasteiger partial charge in [0.2, 0.25) is 0 Å². The maximum Gasteiger partial charge on any atom is 0.172 e. The second kappa shape index (κ2) is 4.77. The summed E-state index contributed by atoms with van der Waals surface area (Å²) in [5, 5.41) is 8.22. The van der Waals surface area contributed by atoms with Crippen molar-refractivity contribution in [2.24, 2.45) is 0 Å². The normalized spacial score (nSPS) is 11.8. The monoisotopic (exact) mass is 282 g/mol. The lowest BCUT2D eigenvalue weighted by Gasteiger charge is -2.19. The van der Waals surface area contributed by atoms with Crippen molar-refractivity contribution >= 4 is 5.82 Å². The van der Waals surface area contributed by atoms with Gasteiger partial charge in [-0.15, -0.1) is 5.10 Å². The van der Waals surface area contributed by atoms with Crippen LogP contribution in [0.5, 0.6) is 0 Å². The Kier molecular flexibility index (Phi) is 3.05. The van der Waals surface area contributed by atoms with Crippen molar-refractivity contribution in [2.75, 3.05) is 5.73 Å². The molecule has 3 aromatic rings. The lowest BCUT2D eigenvalue weighted by molar-refractivity contribution is 0.580. The van der Waals surface area contributed by atoms with E-state index in [4.69, 9.17) is 10.2 Å². The highest BCUT2D eigenvalue weighted by Crippen LogP contribution is 2.27. The molecule has 0 fully saturated rings. The first-order chi connectivity index (χ1) is 9.97. The molecule has 2 heterocycles. The molecule has 5 nitrogen and oxygen atoms in total. The second-order valence-corrected chi connectivity index (χ2v) is 6.01. The van der Waals surface area contributed by atoms with Crippen LogP contribution in [0.4, 0.5) is 5.82 Å². The summed E-state index contributed by atoms with van der Waals surface area (Å²) in [4.78, 5) is 0. The van der Waals surface area contributed by atoms with Gasteiger partial charge < -0.3 is 10.2 Å². The van der Waals surface area contributed by atoms with E-state index in [9.17, 15) is 0 Å². The lowest BCUT2D eigenvalue weighted by atomic mass is 9.87. The Morgan fingerprint density at radius 2 is 1.81 bits per heavy atom. The Labute approximate surface area is 123 Å². The van der Waals surface area contributed by atoms with Gasteiger partial charge in [-0.3, -0.25) is 0 Å². The first-order valence-electron chi connectivity index (χ1n) is 6.83. The van der Waals surface area contributed by atoms with E-state index in [0.29, 0.717) is 17.3 Å². The van der Waals surface area contributed by atoms with Gasteiger partial charge in [-0.05, 0) is 35.2 Å². The van der Waals surface area contributed by atoms with Gasteiger partial charge in [0, 0.05) is 0 Å². The molecule has 0 aliphatic heterocycles. The van der Waals surface area contributed by atoms with Gasteiger partial charge in [0.1, 0.15) is 0 Å². The molecule has 3 rings (SSSR count). The molecule has 21 heavy (non-hydrogen) atoms. The van der Waals surface area contributed by atoms with E-state index in [-0.39, 0.29) is 5.41 Å². The maximum absolute atomic E-state index is 6.13. The number of furan rings is 1. The van der Waals surface area contributed by atoms with Gasteiger partial charge in [-0.1, -0.05) is 38.1 Å². The molecule has 0 aliphatic rings. The van der Waals surface area contributed by atoms with Gasteiger partial charge in [0.15, 0.2) is 17.3 Å². The second-order valence-electron chi connectivity index (χ2n) is 6.01. The molecule has 1 aromatic carbocycles. The summed E-state index contributed by atoms with van der Waals surface area (Å²) < 4.78 is 6.93. The molecule has 0 saturated carbocycles. The zero-order valence-corrected chi connectivity index (χ0v) is 12.4. The SMILES string of the molecule is CC(C)(C)c1ccc(-n2nnc(-c3ccco3)c2N)cc1. The van der Waals surface area contributed by atoms with E-state index in [1.165, 1.54) is 5.56 Å². The summed E-state index contributed by atoms with van der Waals surface area (Å²) in [5.41, 5.74) is 8.94. The summed E-state index contributed by atoms with van der Waals surface area (Å²) in [6.07, 6.45) is 1.59. The third-order valence-corrected chi connectivity index (χ3v) is 3.44. The summed E-state index contributed by atoms with van der Waals surface area (Å²) in [5.74, 6) is 1.08. The molecule has 108 valence electrons. The third-order valence-electron chi connectivity index (χ3n) is 3.44. The molecule has 0 amide bonds. The van der Waals surface area contributed by atoms with E-state index in [2.05, 4.69) is 43.2 Å². The van der Waals surface area contributed by atoms with Crippen molar-refractivity contribution in [1.82, 2.24) is 15.0 Å². The minimum atomic E-state index is 0.117. The van der Waals surface area contributed by atoms with Crippen LogP contribution < -0.4 is 5.73 Å². The number of nitrogens with two attached hydrogens (primary N) is 1. The van der Waals surface area contributed by atoms with Crippen molar-refractivity contribution in [3.05, 3.63) is 48.2 Å². The molecular formula is C16H18N4O. The predicted molar refractivity (Wildman–Crippen MR) is 82.2 cm³/mol. The molecule has 2 N–H and O–H groups in total. The highest BCUT2D eigenvalue weighted by molar-refractivity contribution is 5.66. The molecule has 0 bridgehead atoms. The van der Waals surface area contributed by atoms with Crippen molar-refractivity contribution in [3.8, 4) is 17.1 Å². The highest BCUT2D eigenvalue weighted by Gasteiger charge is 2.16. The van der Waals surface area contributed by atoms with E-state index in [1.54, 1.807) is 17.0 Å². The Hall–Kier alpha value is -2.56. The molecule has 2 aromatic heterocycles. The Morgan fingerprint density at radius 3 is 2.38 bits per heavy atom. The number of hydrogen-bond acceptors (Lipinski definition) is 4. The van der Waals surface area contributed by atoms with Crippen molar-refractivity contribution in [3.63, 3.8) is 0 Å². The van der Waals surface area contributed by atoms with E-state index >= 15 is 0 Å². The van der Waals surface area contributed by atoms with Crippen molar-refractivity contribution in [1.29, 1.82) is 0 Å². The van der Waals surface area contributed by atoms with Crippen LogP contribution in [0.15, 0.2) is 47.1 Å². The van der Waals surface area contributed by atoms with Crippen LogP contribution in [0, 0.1) is 0 Å². The number of hydrogen-bond donors (Lipinski definition) is 1. The fraction of sp³-hybridized carbons (Fsp3) is 0.250. The Balaban J connectivity index is 1.98. The van der Waals surface area contributed by atoms with Gasteiger partial charge in [-0.25, -0.2) is 0 Å². The van der Waals surface area contributed by atoms with Gasteiger partial charge >= 0.3 is 0 Å². The van der Waals surface area contributed by atoms with Crippen LogP contribution in [0.2, 0.25) is 0 Å². The molecule has 0 unspecified atom stereocenters. The Bertz CT molecular complexity index is 734. The fourth-order valence-corrected chi connectivity index (χ4v) is 2.17.